The Morgan fingerprint density at radius 2 is 2.42 bits per heavy atom. The third-order valence-corrected chi connectivity index (χ3v) is 3.44. The molecule has 0 heterocycles. The van der Waals surface area contributed by atoms with Gasteiger partial charge < -0.3 is 0 Å². The number of nitriles is 1. The molecule has 1 heteroatoms. The van der Waals surface area contributed by atoms with Crippen molar-refractivity contribution in [2.75, 3.05) is 0 Å². The maximum Gasteiger partial charge on any atom is 0.0666 e. The second kappa shape index (κ2) is 2.94. The van der Waals surface area contributed by atoms with Gasteiger partial charge in [0.05, 0.1) is 12.5 Å². The van der Waals surface area contributed by atoms with Crippen LogP contribution in [-0.4, -0.2) is 0 Å². The molecule has 0 aromatic heterocycles. The molecule has 2 saturated carbocycles. The highest BCUT2D eigenvalue weighted by Crippen LogP contribution is 2.49. The minimum absolute atomic E-state index is 0.651. The first-order chi connectivity index (χ1) is 5.81. The van der Waals surface area contributed by atoms with Crippen molar-refractivity contribution in [2.45, 2.75) is 39.0 Å². The van der Waals surface area contributed by atoms with Gasteiger partial charge in [-0.15, -0.1) is 0 Å². The third kappa shape index (κ3) is 1.16. The Bertz CT molecular complexity index is 257. The third-order valence-electron chi connectivity index (χ3n) is 3.44. The van der Waals surface area contributed by atoms with Crippen LogP contribution in [0.15, 0.2) is 11.1 Å². The molecule has 0 saturated heterocycles. The van der Waals surface area contributed by atoms with Crippen LogP contribution in [0, 0.1) is 23.2 Å². The van der Waals surface area contributed by atoms with Gasteiger partial charge in [-0.2, -0.15) is 5.26 Å². The first-order valence-corrected chi connectivity index (χ1v) is 4.86. The summed E-state index contributed by atoms with van der Waals surface area (Å²) in [5, 5.41) is 8.58. The molecular formula is C11H15N. The van der Waals surface area contributed by atoms with Gasteiger partial charge >= 0.3 is 0 Å². The van der Waals surface area contributed by atoms with Crippen LogP contribution in [-0.2, 0) is 0 Å². The van der Waals surface area contributed by atoms with Crippen LogP contribution < -0.4 is 0 Å². The number of allylic oxidation sites excluding steroid dienone is 2. The lowest BCUT2D eigenvalue weighted by molar-refractivity contribution is 0.556. The van der Waals surface area contributed by atoms with Crippen molar-refractivity contribution in [1.82, 2.24) is 0 Å². The number of hydrogen-bond donors (Lipinski definition) is 0. The molecule has 2 rings (SSSR count). The van der Waals surface area contributed by atoms with Gasteiger partial charge in [0.1, 0.15) is 0 Å². The number of fused-ring (bicyclic) bond motifs is 2. The maximum absolute atomic E-state index is 8.58. The number of nitrogens with zero attached hydrogens (tertiary/aromatic N) is 1. The first kappa shape index (κ1) is 7.86. The van der Waals surface area contributed by atoms with Gasteiger partial charge in [0.25, 0.3) is 0 Å². The average molecular weight is 161 g/mol. The average Bonchev–Trinajstić information content (AvgIpc) is 2.64. The second-order valence-corrected chi connectivity index (χ2v) is 4.22. The van der Waals surface area contributed by atoms with Crippen molar-refractivity contribution in [3.63, 3.8) is 0 Å². The molecule has 0 aromatic rings. The highest BCUT2D eigenvalue weighted by atomic mass is 14.4. The summed E-state index contributed by atoms with van der Waals surface area (Å²) in [7, 11) is 0. The predicted molar refractivity (Wildman–Crippen MR) is 48.4 cm³/mol. The lowest BCUT2D eigenvalue weighted by Gasteiger charge is -2.15. The highest BCUT2D eigenvalue weighted by Gasteiger charge is 2.35. The van der Waals surface area contributed by atoms with Gasteiger partial charge in [-0.1, -0.05) is 11.1 Å². The molecule has 0 N–H and O–H groups in total. The Labute approximate surface area is 74.1 Å². The Balaban J connectivity index is 2.15. The smallest absolute Gasteiger partial charge is 0.0666 e. The van der Waals surface area contributed by atoms with Crippen molar-refractivity contribution in [3.8, 4) is 6.07 Å². The molecular weight excluding hydrogens is 146 g/mol. The molecule has 12 heavy (non-hydrogen) atoms. The van der Waals surface area contributed by atoms with E-state index in [1.807, 2.05) is 0 Å². The van der Waals surface area contributed by atoms with Gasteiger partial charge in [0, 0.05) is 0 Å². The zero-order valence-electron chi connectivity index (χ0n) is 7.64. The highest BCUT2D eigenvalue weighted by molar-refractivity contribution is 5.24. The molecule has 2 fully saturated rings. The van der Waals surface area contributed by atoms with Gasteiger partial charge in [-0.3, -0.25) is 0 Å². The molecule has 2 aliphatic rings. The van der Waals surface area contributed by atoms with E-state index in [0.29, 0.717) is 6.42 Å². The van der Waals surface area contributed by atoms with Gasteiger partial charge in [-0.25, -0.2) is 0 Å². The standard InChI is InChI=1S/C11H15N/c1-8(4-5-12)11-7-9-2-3-10(11)6-9/h9-10H,2-4,6-7H2,1H3. The fourth-order valence-corrected chi connectivity index (χ4v) is 2.81. The monoisotopic (exact) mass is 161 g/mol. The summed E-state index contributed by atoms with van der Waals surface area (Å²) in [5.41, 5.74) is 3.00. The summed E-state index contributed by atoms with van der Waals surface area (Å²) in [4.78, 5) is 0. The predicted octanol–water partition coefficient (Wildman–Crippen LogP) is 3.04. The molecule has 0 aliphatic heterocycles. The van der Waals surface area contributed by atoms with Crippen LogP contribution in [0.2, 0.25) is 0 Å². The van der Waals surface area contributed by atoms with E-state index in [1.54, 1.807) is 5.57 Å². The van der Waals surface area contributed by atoms with E-state index >= 15 is 0 Å². The molecule has 2 unspecified atom stereocenters. The summed E-state index contributed by atoms with van der Waals surface area (Å²) in [6.07, 6.45) is 6.20. The van der Waals surface area contributed by atoms with Gasteiger partial charge in [-0.05, 0) is 44.4 Å². The number of rotatable bonds is 1. The summed E-state index contributed by atoms with van der Waals surface area (Å²) < 4.78 is 0. The van der Waals surface area contributed by atoms with Crippen LogP contribution >= 0.6 is 0 Å². The van der Waals surface area contributed by atoms with Crippen molar-refractivity contribution >= 4 is 0 Å². The molecule has 64 valence electrons. The van der Waals surface area contributed by atoms with Crippen molar-refractivity contribution in [1.29, 1.82) is 5.26 Å². The zero-order chi connectivity index (χ0) is 8.55. The van der Waals surface area contributed by atoms with E-state index < -0.39 is 0 Å². The van der Waals surface area contributed by atoms with Crippen LogP contribution in [0.5, 0.6) is 0 Å². The molecule has 1 nitrogen and oxygen atoms in total. The summed E-state index contributed by atoms with van der Waals surface area (Å²) in [6.45, 7) is 2.14. The van der Waals surface area contributed by atoms with E-state index in [9.17, 15) is 0 Å². The van der Waals surface area contributed by atoms with Gasteiger partial charge in [0.2, 0.25) is 0 Å². The second-order valence-electron chi connectivity index (χ2n) is 4.22. The Morgan fingerprint density at radius 1 is 1.58 bits per heavy atom. The molecule has 0 radical (unpaired) electrons. The van der Waals surface area contributed by atoms with Crippen molar-refractivity contribution < 1.29 is 0 Å². The first-order valence-electron chi connectivity index (χ1n) is 4.86. The molecule has 0 aromatic carbocycles. The van der Waals surface area contributed by atoms with Crippen LogP contribution in [0.1, 0.15) is 39.0 Å². The SMILES string of the molecule is CC(CC#N)=C1CC2CCC1C2. The Morgan fingerprint density at radius 3 is 2.92 bits per heavy atom. The Kier molecular flexibility index (Phi) is 1.92. The van der Waals surface area contributed by atoms with Crippen LogP contribution in [0.3, 0.4) is 0 Å². The molecule has 0 amide bonds. The lowest BCUT2D eigenvalue weighted by atomic mass is 9.90. The van der Waals surface area contributed by atoms with E-state index in [-0.39, 0.29) is 0 Å². The van der Waals surface area contributed by atoms with Crippen LogP contribution in [0.25, 0.3) is 0 Å². The van der Waals surface area contributed by atoms with Crippen molar-refractivity contribution in [3.05, 3.63) is 11.1 Å². The normalized spacial score (nSPS) is 36.7. The summed E-state index contributed by atoms with van der Waals surface area (Å²) in [6, 6.07) is 2.25. The minimum atomic E-state index is 0.651. The minimum Gasteiger partial charge on any atom is -0.198 e. The van der Waals surface area contributed by atoms with E-state index in [2.05, 4.69) is 13.0 Å². The maximum atomic E-state index is 8.58. The van der Waals surface area contributed by atoms with Crippen molar-refractivity contribution in [2.24, 2.45) is 11.8 Å². The largest absolute Gasteiger partial charge is 0.198 e. The molecule has 2 aliphatic carbocycles. The fourth-order valence-electron chi connectivity index (χ4n) is 2.81. The quantitative estimate of drug-likeness (QED) is 0.542. The summed E-state index contributed by atoms with van der Waals surface area (Å²) >= 11 is 0. The molecule has 2 atom stereocenters. The van der Waals surface area contributed by atoms with E-state index in [4.69, 9.17) is 5.26 Å². The van der Waals surface area contributed by atoms with E-state index in [0.717, 1.165) is 11.8 Å². The number of hydrogen-bond acceptors (Lipinski definition) is 1. The summed E-state index contributed by atoms with van der Waals surface area (Å²) in [5.74, 6) is 1.84. The van der Waals surface area contributed by atoms with Gasteiger partial charge in [0.15, 0.2) is 0 Å². The fraction of sp³-hybridized carbons (Fsp3) is 0.727. The Hall–Kier alpha value is -0.770. The van der Waals surface area contributed by atoms with E-state index in [1.165, 1.54) is 31.3 Å². The zero-order valence-corrected chi connectivity index (χ0v) is 7.64. The lowest BCUT2D eigenvalue weighted by Crippen LogP contribution is -2.00. The molecule has 0 spiro atoms. The van der Waals surface area contributed by atoms with Crippen LogP contribution in [0.4, 0.5) is 0 Å². The molecule has 2 bridgehead atoms. The topological polar surface area (TPSA) is 23.8 Å².